The molecule has 9 nitrogen and oxygen atoms in total. The molecule has 5 rings (SSSR count). The third-order valence-corrected chi connectivity index (χ3v) is 6.87. The van der Waals surface area contributed by atoms with E-state index in [0.717, 1.165) is 22.9 Å². The number of anilines is 1. The van der Waals surface area contributed by atoms with E-state index < -0.39 is 18.6 Å². The van der Waals surface area contributed by atoms with Crippen LogP contribution in [0.25, 0.3) is 28.0 Å². The molecule has 0 atom stereocenters. The van der Waals surface area contributed by atoms with Crippen molar-refractivity contribution in [2.45, 2.75) is 38.3 Å². The molecule has 3 aromatic heterocycles. The maximum Gasteiger partial charge on any atom is 0.405 e. The topological polar surface area (TPSA) is 112 Å². The molecule has 0 bridgehead atoms. The van der Waals surface area contributed by atoms with Crippen molar-refractivity contribution in [1.29, 1.82) is 0 Å². The molecule has 3 heterocycles. The quantitative estimate of drug-likeness (QED) is 0.324. The Hall–Kier alpha value is -4.09. The summed E-state index contributed by atoms with van der Waals surface area (Å²) in [5, 5.41) is 21.7. The summed E-state index contributed by atoms with van der Waals surface area (Å²) in [6, 6.07) is 6.72. The Morgan fingerprint density at radius 3 is 2.63 bits per heavy atom. The second-order valence-corrected chi connectivity index (χ2v) is 9.83. The third kappa shape index (κ3) is 5.15. The minimum absolute atomic E-state index is 0.106. The summed E-state index contributed by atoms with van der Waals surface area (Å²) in [6.07, 6.45) is 4.53. The standard InChI is InChI=1S/C26H28F3N7O2/c1-35(2)22-8-7-17(13-31-22)36-23(33-34-24(36)25(38)32-14-26(27,28)29)19-10-18-16(9-15-5-3-4-6-15)12-30-20(18)11-21(19)37/h7-8,10-13,15,30,37H,3-6,9,14H2,1-2H3,(H,32,38). The predicted octanol–water partition coefficient (Wildman–Crippen LogP) is 4.61. The highest BCUT2D eigenvalue weighted by molar-refractivity contribution is 5.94. The number of hydrogen-bond acceptors (Lipinski definition) is 6. The Morgan fingerprint density at radius 1 is 1.21 bits per heavy atom. The summed E-state index contributed by atoms with van der Waals surface area (Å²) in [4.78, 5) is 22.1. The number of fused-ring (bicyclic) bond motifs is 1. The van der Waals surface area contributed by atoms with Crippen LogP contribution >= 0.6 is 0 Å². The highest BCUT2D eigenvalue weighted by atomic mass is 19.4. The summed E-state index contributed by atoms with van der Waals surface area (Å²) in [5.41, 5.74) is 2.51. The molecule has 0 spiro atoms. The van der Waals surface area contributed by atoms with Crippen LogP contribution in [0.5, 0.6) is 5.75 Å². The second-order valence-electron chi connectivity index (χ2n) is 9.83. The van der Waals surface area contributed by atoms with E-state index in [1.807, 2.05) is 25.6 Å². The van der Waals surface area contributed by atoms with Gasteiger partial charge in [-0.3, -0.25) is 9.36 Å². The molecule has 1 aliphatic carbocycles. The van der Waals surface area contributed by atoms with Gasteiger partial charge in [-0.2, -0.15) is 13.2 Å². The average Bonchev–Trinajstić information content (AvgIpc) is 3.62. The van der Waals surface area contributed by atoms with Gasteiger partial charge in [-0.1, -0.05) is 25.7 Å². The molecule has 38 heavy (non-hydrogen) atoms. The third-order valence-electron chi connectivity index (χ3n) is 6.87. The van der Waals surface area contributed by atoms with Crippen LogP contribution in [0.3, 0.4) is 0 Å². The molecular weight excluding hydrogens is 499 g/mol. The van der Waals surface area contributed by atoms with E-state index in [9.17, 15) is 23.1 Å². The van der Waals surface area contributed by atoms with E-state index in [2.05, 4.69) is 20.2 Å². The largest absolute Gasteiger partial charge is 0.507 e. The van der Waals surface area contributed by atoms with E-state index in [4.69, 9.17) is 0 Å². The van der Waals surface area contributed by atoms with Gasteiger partial charge in [-0.05, 0) is 36.1 Å². The fourth-order valence-electron chi connectivity index (χ4n) is 4.97. The highest BCUT2D eigenvalue weighted by Gasteiger charge is 2.30. The van der Waals surface area contributed by atoms with Crippen LogP contribution in [0.2, 0.25) is 0 Å². The number of H-pyrrole nitrogens is 1. The maximum atomic E-state index is 12.8. The van der Waals surface area contributed by atoms with Gasteiger partial charge >= 0.3 is 6.18 Å². The van der Waals surface area contributed by atoms with Gasteiger partial charge < -0.3 is 20.3 Å². The van der Waals surface area contributed by atoms with Crippen LogP contribution in [-0.2, 0) is 6.42 Å². The molecule has 1 fully saturated rings. The van der Waals surface area contributed by atoms with Gasteiger partial charge in [0.25, 0.3) is 5.91 Å². The van der Waals surface area contributed by atoms with Crippen LogP contribution in [0, 0.1) is 5.92 Å². The van der Waals surface area contributed by atoms with Gasteiger partial charge in [0.05, 0.1) is 17.4 Å². The van der Waals surface area contributed by atoms with E-state index in [1.165, 1.54) is 36.4 Å². The van der Waals surface area contributed by atoms with Crippen molar-refractivity contribution >= 4 is 22.6 Å². The number of aromatic nitrogens is 5. The number of nitrogens with zero attached hydrogens (tertiary/aromatic N) is 5. The number of nitrogens with one attached hydrogen (secondary N) is 2. The molecule has 12 heteroatoms. The molecule has 1 amide bonds. The van der Waals surface area contributed by atoms with Crippen molar-refractivity contribution in [3.63, 3.8) is 0 Å². The fourth-order valence-corrected chi connectivity index (χ4v) is 4.97. The maximum absolute atomic E-state index is 12.8. The Bertz CT molecular complexity index is 1450. The van der Waals surface area contributed by atoms with Crippen molar-refractivity contribution in [2.75, 3.05) is 25.5 Å². The van der Waals surface area contributed by atoms with E-state index >= 15 is 0 Å². The number of aromatic hydroxyl groups is 1. The number of alkyl halides is 3. The number of phenols is 1. The Morgan fingerprint density at radius 2 is 1.97 bits per heavy atom. The summed E-state index contributed by atoms with van der Waals surface area (Å²) in [5.74, 6) is -0.181. The highest BCUT2D eigenvalue weighted by Crippen LogP contribution is 2.37. The first-order valence-electron chi connectivity index (χ1n) is 12.4. The van der Waals surface area contributed by atoms with E-state index in [-0.39, 0.29) is 17.4 Å². The summed E-state index contributed by atoms with van der Waals surface area (Å²) in [7, 11) is 3.63. The van der Waals surface area contributed by atoms with Crippen LogP contribution in [0.15, 0.2) is 36.7 Å². The van der Waals surface area contributed by atoms with Crippen LogP contribution in [-0.4, -0.2) is 62.6 Å². The summed E-state index contributed by atoms with van der Waals surface area (Å²) >= 11 is 0. The number of pyridine rings is 1. The number of amides is 1. The summed E-state index contributed by atoms with van der Waals surface area (Å²) < 4.78 is 39.7. The zero-order chi connectivity index (χ0) is 27.0. The molecule has 0 aliphatic heterocycles. The molecule has 0 radical (unpaired) electrons. The number of phenolic OH excluding ortho intramolecular Hbond substituents is 1. The van der Waals surface area contributed by atoms with Crippen LogP contribution in [0.1, 0.15) is 41.9 Å². The lowest BCUT2D eigenvalue weighted by Crippen LogP contribution is -2.35. The smallest absolute Gasteiger partial charge is 0.405 e. The van der Waals surface area contributed by atoms with Crippen molar-refractivity contribution in [3.05, 3.63) is 48.0 Å². The molecule has 200 valence electrons. The van der Waals surface area contributed by atoms with Gasteiger partial charge in [0.15, 0.2) is 5.82 Å². The van der Waals surface area contributed by atoms with Crippen LogP contribution < -0.4 is 10.2 Å². The van der Waals surface area contributed by atoms with Crippen molar-refractivity contribution < 1.29 is 23.1 Å². The lowest BCUT2D eigenvalue weighted by Gasteiger charge is -2.15. The average molecular weight is 528 g/mol. The monoisotopic (exact) mass is 527 g/mol. The molecule has 0 saturated heterocycles. The zero-order valence-corrected chi connectivity index (χ0v) is 21.0. The minimum atomic E-state index is -4.59. The van der Waals surface area contributed by atoms with Crippen molar-refractivity contribution in [2.24, 2.45) is 5.92 Å². The zero-order valence-electron chi connectivity index (χ0n) is 21.0. The number of rotatable bonds is 7. The van der Waals surface area contributed by atoms with Gasteiger partial charge in [0, 0.05) is 37.3 Å². The Kier molecular flexibility index (Phi) is 6.72. The number of benzene rings is 1. The molecule has 1 aromatic carbocycles. The lowest BCUT2D eigenvalue weighted by molar-refractivity contribution is -0.123. The number of hydrogen-bond donors (Lipinski definition) is 3. The second kappa shape index (κ2) is 9.99. The Labute approximate surface area is 216 Å². The lowest BCUT2D eigenvalue weighted by atomic mass is 9.97. The minimum Gasteiger partial charge on any atom is -0.507 e. The normalized spacial score (nSPS) is 14.3. The van der Waals surface area contributed by atoms with Crippen LogP contribution in [0.4, 0.5) is 19.0 Å². The van der Waals surface area contributed by atoms with E-state index in [0.29, 0.717) is 23.0 Å². The summed E-state index contributed by atoms with van der Waals surface area (Å²) in [6.45, 7) is -1.52. The molecule has 4 aromatic rings. The first-order chi connectivity index (χ1) is 18.1. The molecule has 1 saturated carbocycles. The SMILES string of the molecule is CN(C)c1ccc(-n2c(C(=O)NCC(F)(F)F)nnc2-c2cc3c(CC4CCCC4)c[nH]c3cc2O)cn1. The first kappa shape index (κ1) is 25.6. The van der Waals surface area contributed by atoms with Crippen molar-refractivity contribution in [3.8, 4) is 22.8 Å². The molecule has 1 aliphatic rings. The number of halogens is 3. The molecule has 0 unspecified atom stereocenters. The fraction of sp³-hybridized carbons (Fsp3) is 0.385. The van der Waals surface area contributed by atoms with Gasteiger partial charge in [0.1, 0.15) is 18.1 Å². The van der Waals surface area contributed by atoms with Gasteiger partial charge in [0.2, 0.25) is 5.82 Å². The van der Waals surface area contributed by atoms with Gasteiger partial charge in [-0.15, -0.1) is 10.2 Å². The number of carbonyl (C=O) groups excluding carboxylic acids is 1. The number of aromatic amines is 1. The first-order valence-corrected chi connectivity index (χ1v) is 12.4. The Balaban J connectivity index is 1.60. The van der Waals surface area contributed by atoms with Gasteiger partial charge in [-0.25, -0.2) is 4.98 Å². The molecule has 3 N–H and O–H groups in total. The van der Waals surface area contributed by atoms with E-state index in [1.54, 1.807) is 29.2 Å². The number of carbonyl (C=O) groups is 1. The molecular formula is C26H28F3N7O2. The predicted molar refractivity (Wildman–Crippen MR) is 136 cm³/mol. The van der Waals surface area contributed by atoms with Crippen molar-refractivity contribution in [1.82, 2.24) is 30.0 Å².